The van der Waals surface area contributed by atoms with Crippen LogP contribution in [0.1, 0.15) is 32.1 Å². The average Bonchev–Trinajstić information content (AvgIpc) is 3.00. The molecule has 3 fully saturated rings. The first kappa shape index (κ1) is 9.55. The Bertz CT molecular complexity index is 304. The summed E-state index contributed by atoms with van der Waals surface area (Å²) in [6.45, 7) is 0.445. The second kappa shape index (κ2) is 2.71. The highest BCUT2D eigenvalue weighted by atomic mass is 19.3. The first-order valence-corrected chi connectivity index (χ1v) is 5.66. The lowest BCUT2D eigenvalue weighted by Crippen LogP contribution is -2.42. The van der Waals surface area contributed by atoms with Crippen molar-refractivity contribution in [3.05, 3.63) is 0 Å². The van der Waals surface area contributed by atoms with E-state index < -0.39 is 5.92 Å². The van der Waals surface area contributed by atoms with Gasteiger partial charge in [-0.2, -0.15) is 0 Å². The molecule has 4 heteroatoms. The highest BCUT2D eigenvalue weighted by Gasteiger charge is 2.65. The SMILES string of the molecule is O=C(NCC1CC(F)(F)C1)[C@H]1CC12CC2. The van der Waals surface area contributed by atoms with E-state index in [1.807, 2.05) is 0 Å². The van der Waals surface area contributed by atoms with E-state index in [9.17, 15) is 13.6 Å². The fraction of sp³-hybridized carbons (Fsp3) is 0.909. The molecule has 0 heterocycles. The summed E-state index contributed by atoms with van der Waals surface area (Å²) < 4.78 is 25.0. The lowest BCUT2D eigenvalue weighted by molar-refractivity contribution is -0.127. The number of carbonyl (C=O) groups is 1. The molecule has 3 aliphatic rings. The molecular weight excluding hydrogens is 200 g/mol. The first-order chi connectivity index (χ1) is 7.01. The van der Waals surface area contributed by atoms with Crippen LogP contribution in [0.3, 0.4) is 0 Å². The van der Waals surface area contributed by atoms with Gasteiger partial charge in [0.25, 0.3) is 0 Å². The van der Waals surface area contributed by atoms with Gasteiger partial charge in [-0.05, 0) is 30.6 Å². The Kier molecular flexibility index (Phi) is 1.73. The summed E-state index contributed by atoms with van der Waals surface area (Å²) in [5.74, 6) is -2.16. The molecule has 15 heavy (non-hydrogen) atoms. The normalized spacial score (nSPS) is 34.7. The molecule has 0 radical (unpaired) electrons. The van der Waals surface area contributed by atoms with Crippen molar-refractivity contribution in [2.75, 3.05) is 6.54 Å². The first-order valence-electron chi connectivity index (χ1n) is 5.66. The molecule has 84 valence electrons. The van der Waals surface area contributed by atoms with E-state index in [-0.39, 0.29) is 30.6 Å². The van der Waals surface area contributed by atoms with Gasteiger partial charge >= 0.3 is 0 Å². The molecule has 1 atom stereocenters. The van der Waals surface area contributed by atoms with Crippen molar-refractivity contribution in [1.29, 1.82) is 0 Å². The highest BCUT2D eigenvalue weighted by molar-refractivity contribution is 5.83. The van der Waals surface area contributed by atoms with Crippen molar-refractivity contribution < 1.29 is 13.6 Å². The molecule has 0 aromatic rings. The minimum atomic E-state index is -2.47. The smallest absolute Gasteiger partial charge is 0.248 e. The van der Waals surface area contributed by atoms with Crippen LogP contribution in [0.5, 0.6) is 0 Å². The second-order valence-corrected chi connectivity index (χ2v) is 5.49. The predicted octanol–water partition coefficient (Wildman–Crippen LogP) is 1.95. The standard InChI is InChI=1S/C11H15F2NO/c12-11(13)3-7(4-11)6-14-9(15)8-5-10(8)1-2-10/h7-8H,1-6H2,(H,14,15)/t8-/m1/s1. The molecule has 0 bridgehead atoms. The van der Waals surface area contributed by atoms with E-state index in [0.717, 1.165) is 6.42 Å². The van der Waals surface area contributed by atoms with Gasteiger partial charge in [-0.25, -0.2) is 8.78 Å². The van der Waals surface area contributed by atoms with Crippen LogP contribution in [0, 0.1) is 17.3 Å². The van der Waals surface area contributed by atoms with Crippen LogP contribution < -0.4 is 5.32 Å². The van der Waals surface area contributed by atoms with Gasteiger partial charge in [-0.15, -0.1) is 0 Å². The van der Waals surface area contributed by atoms with Crippen LogP contribution in [-0.2, 0) is 4.79 Å². The minimum absolute atomic E-state index is 0.00199. The van der Waals surface area contributed by atoms with E-state index in [2.05, 4.69) is 5.32 Å². The number of carbonyl (C=O) groups excluding carboxylic acids is 1. The molecule has 0 aliphatic heterocycles. The lowest BCUT2D eigenvalue weighted by atomic mass is 9.81. The molecule has 1 amide bonds. The van der Waals surface area contributed by atoms with Crippen molar-refractivity contribution in [1.82, 2.24) is 5.32 Å². The third kappa shape index (κ3) is 1.64. The van der Waals surface area contributed by atoms with Crippen molar-refractivity contribution in [3.8, 4) is 0 Å². The van der Waals surface area contributed by atoms with Crippen LogP contribution in [0.2, 0.25) is 0 Å². The molecule has 0 saturated heterocycles. The summed E-state index contributed by atoms with van der Waals surface area (Å²) in [6, 6.07) is 0. The maximum absolute atomic E-state index is 12.5. The molecule has 3 rings (SSSR count). The Morgan fingerprint density at radius 2 is 1.93 bits per heavy atom. The molecule has 3 saturated carbocycles. The van der Waals surface area contributed by atoms with E-state index in [1.165, 1.54) is 12.8 Å². The van der Waals surface area contributed by atoms with Gasteiger partial charge in [0.1, 0.15) is 0 Å². The van der Waals surface area contributed by atoms with Gasteiger partial charge in [0.05, 0.1) is 0 Å². The molecule has 1 N–H and O–H groups in total. The lowest BCUT2D eigenvalue weighted by Gasteiger charge is -2.34. The average molecular weight is 215 g/mol. The van der Waals surface area contributed by atoms with Crippen LogP contribution in [0.15, 0.2) is 0 Å². The summed E-state index contributed by atoms with van der Waals surface area (Å²) in [6.07, 6.45) is 3.30. The summed E-state index contributed by atoms with van der Waals surface area (Å²) in [4.78, 5) is 11.6. The number of nitrogens with one attached hydrogen (secondary N) is 1. The van der Waals surface area contributed by atoms with E-state index in [4.69, 9.17) is 0 Å². The van der Waals surface area contributed by atoms with Gasteiger partial charge in [0, 0.05) is 25.3 Å². The van der Waals surface area contributed by atoms with Gasteiger partial charge in [-0.1, -0.05) is 0 Å². The maximum atomic E-state index is 12.5. The summed E-state index contributed by atoms with van der Waals surface area (Å²) >= 11 is 0. The Morgan fingerprint density at radius 3 is 2.40 bits per heavy atom. The second-order valence-electron chi connectivity index (χ2n) is 5.49. The fourth-order valence-corrected chi connectivity index (χ4v) is 2.73. The molecule has 1 spiro atoms. The highest BCUT2D eigenvalue weighted by Crippen LogP contribution is 2.70. The van der Waals surface area contributed by atoms with Gasteiger partial charge < -0.3 is 5.32 Å². The number of hydrogen-bond donors (Lipinski definition) is 1. The van der Waals surface area contributed by atoms with Gasteiger partial charge in [0.15, 0.2) is 0 Å². The topological polar surface area (TPSA) is 29.1 Å². The van der Waals surface area contributed by atoms with Crippen molar-refractivity contribution in [3.63, 3.8) is 0 Å². The van der Waals surface area contributed by atoms with Crippen molar-refractivity contribution in [2.45, 2.75) is 38.0 Å². The maximum Gasteiger partial charge on any atom is 0.248 e. The third-order valence-electron chi connectivity index (χ3n) is 4.14. The Balaban J connectivity index is 1.38. The molecular formula is C11H15F2NO. The Morgan fingerprint density at radius 1 is 1.27 bits per heavy atom. The summed E-state index contributed by atoms with van der Waals surface area (Å²) in [7, 11) is 0. The number of rotatable bonds is 3. The zero-order chi connectivity index (χ0) is 10.7. The van der Waals surface area contributed by atoms with Crippen molar-refractivity contribution >= 4 is 5.91 Å². The molecule has 2 nitrogen and oxygen atoms in total. The van der Waals surface area contributed by atoms with Crippen LogP contribution in [-0.4, -0.2) is 18.4 Å². The van der Waals surface area contributed by atoms with Crippen LogP contribution in [0.4, 0.5) is 8.78 Å². The largest absolute Gasteiger partial charge is 0.356 e. The van der Waals surface area contributed by atoms with Gasteiger partial charge in [-0.3, -0.25) is 4.79 Å². The van der Waals surface area contributed by atoms with E-state index in [0.29, 0.717) is 12.0 Å². The van der Waals surface area contributed by atoms with Crippen molar-refractivity contribution in [2.24, 2.45) is 17.3 Å². The van der Waals surface area contributed by atoms with E-state index >= 15 is 0 Å². The predicted molar refractivity (Wildman–Crippen MR) is 50.5 cm³/mol. The van der Waals surface area contributed by atoms with Gasteiger partial charge in [0.2, 0.25) is 11.8 Å². The van der Waals surface area contributed by atoms with Crippen LogP contribution in [0.25, 0.3) is 0 Å². The Hall–Kier alpha value is -0.670. The zero-order valence-corrected chi connectivity index (χ0v) is 8.56. The molecule has 0 aromatic carbocycles. The van der Waals surface area contributed by atoms with E-state index in [1.54, 1.807) is 0 Å². The third-order valence-corrected chi connectivity index (χ3v) is 4.14. The molecule has 0 aromatic heterocycles. The number of hydrogen-bond acceptors (Lipinski definition) is 1. The zero-order valence-electron chi connectivity index (χ0n) is 8.56. The monoisotopic (exact) mass is 215 g/mol. The molecule has 3 aliphatic carbocycles. The molecule has 0 unspecified atom stereocenters. The quantitative estimate of drug-likeness (QED) is 0.766. The number of halogens is 2. The fourth-order valence-electron chi connectivity index (χ4n) is 2.73. The van der Waals surface area contributed by atoms with Crippen LogP contribution >= 0.6 is 0 Å². The summed E-state index contributed by atoms with van der Waals surface area (Å²) in [5.41, 5.74) is 0.369. The Labute approximate surface area is 87.4 Å². The summed E-state index contributed by atoms with van der Waals surface area (Å²) in [5, 5.41) is 2.81. The number of alkyl halides is 2. The number of amides is 1. The minimum Gasteiger partial charge on any atom is -0.356 e.